The Bertz CT molecular complexity index is 658. The molecule has 2 aromatic rings. The first-order chi connectivity index (χ1) is 9.71. The van der Waals surface area contributed by atoms with E-state index in [1.807, 2.05) is 5.38 Å². The molecule has 2 rings (SSSR count). The maximum absolute atomic E-state index is 11.3. The number of nitrogens with zero attached hydrogens (tertiary/aromatic N) is 1. The van der Waals surface area contributed by atoms with Crippen LogP contribution in [0.2, 0.25) is 0 Å². The van der Waals surface area contributed by atoms with Crippen LogP contribution in [0.5, 0.6) is 0 Å². The van der Waals surface area contributed by atoms with Crippen molar-refractivity contribution in [1.29, 1.82) is 0 Å². The zero-order valence-corrected chi connectivity index (χ0v) is 14.5. The van der Waals surface area contributed by atoms with Gasteiger partial charge >= 0.3 is 5.97 Å². The van der Waals surface area contributed by atoms with Gasteiger partial charge in [0.05, 0.1) is 11.7 Å². The molecule has 2 heterocycles. The molecule has 0 fully saturated rings. The van der Waals surface area contributed by atoms with Gasteiger partial charge in [0, 0.05) is 15.1 Å². The van der Waals surface area contributed by atoms with Gasteiger partial charge in [-0.3, -0.25) is 4.79 Å². The highest BCUT2D eigenvalue weighted by atomic mass is 32.1. The van der Waals surface area contributed by atoms with Crippen molar-refractivity contribution in [2.75, 3.05) is 5.32 Å². The van der Waals surface area contributed by atoms with Crippen LogP contribution in [0.15, 0.2) is 11.4 Å². The van der Waals surface area contributed by atoms with Gasteiger partial charge in [0.2, 0.25) is 0 Å². The van der Waals surface area contributed by atoms with E-state index in [-0.39, 0.29) is 6.04 Å². The van der Waals surface area contributed by atoms with Crippen LogP contribution in [0.4, 0.5) is 5.13 Å². The minimum Gasteiger partial charge on any atom is -0.481 e. The van der Waals surface area contributed by atoms with E-state index in [0.29, 0.717) is 5.69 Å². The number of aryl methyl sites for hydroxylation is 2. The molecule has 2 aromatic heterocycles. The summed E-state index contributed by atoms with van der Waals surface area (Å²) in [5.41, 5.74) is 0.897. The number of carbonyl (C=O) groups is 1. The Hall–Kier alpha value is -1.40. The number of thiophene rings is 1. The van der Waals surface area contributed by atoms with Gasteiger partial charge in [0.15, 0.2) is 5.13 Å². The number of hydrogen-bond donors (Lipinski definition) is 2. The molecule has 0 aliphatic heterocycles. The van der Waals surface area contributed by atoms with Crippen LogP contribution >= 0.6 is 22.7 Å². The fourth-order valence-corrected chi connectivity index (χ4v) is 4.07. The number of carboxylic acids is 1. The number of rotatable bonds is 5. The Balaban J connectivity index is 2.16. The van der Waals surface area contributed by atoms with Gasteiger partial charge in [-0.05, 0) is 46.2 Å². The van der Waals surface area contributed by atoms with Gasteiger partial charge in [0.1, 0.15) is 5.41 Å². The molecule has 1 unspecified atom stereocenters. The molecular weight excluding hydrogens is 304 g/mol. The summed E-state index contributed by atoms with van der Waals surface area (Å²) in [5.74, 6) is -0.864. The molecule has 4 nitrogen and oxygen atoms in total. The zero-order chi connectivity index (χ0) is 15.8. The molecule has 0 saturated heterocycles. The lowest BCUT2D eigenvalue weighted by atomic mass is 9.90. The third-order valence-corrected chi connectivity index (χ3v) is 5.32. The molecule has 0 amide bonds. The van der Waals surface area contributed by atoms with Gasteiger partial charge in [0.25, 0.3) is 0 Å². The van der Waals surface area contributed by atoms with E-state index in [1.165, 1.54) is 26.7 Å². The number of carboxylic acid groups (broad SMARTS) is 1. The van der Waals surface area contributed by atoms with Crippen molar-refractivity contribution in [3.63, 3.8) is 0 Å². The Labute approximate surface area is 132 Å². The number of thiazole rings is 1. The van der Waals surface area contributed by atoms with Crippen molar-refractivity contribution in [2.45, 2.75) is 46.1 Å². The Morgan fingerprint density at radius 3 is 2.62 bits per heavy atom. The monoisotopic (exact) mass is 324 g/mol. The van der Waals surface area contributed by atoms with Crippen LogP contribution in [-0.2, 0) is 10.2 Å². The van der Waals surface area contributed by atoms with Crippen LogP contribution < -0.4 is 5.32 Å². The maximum atomic E-state index is 11.3. The lowest BCUT2D eigenvalue weighted by Gasteiger charge is -2.16. The number of aromatic nitrogens is 1. The minimum atomic E-state index is -0.964. The van der Waals surface area contributed by atoms with Gasteiger partial charge < -0.3 is 10.4 Å². The molecule has 1 atom stereocenters. The Kier molecular flexibility index (Phi) is 4.39. The molecule has 0 radical (unpaired) electrons. The van der Waals surface area contributed by atoms with E-state index in [1.54, 1.807) is 25.2 Å². The maximum Gasteiger partial charge on any atom is 0.315 e. The van der Waals surface area contributed by atoms with E-state index in [0.717, 1.165) is 5.13 Å². The average molecular weight is 324 g/mol. The van der Waals surface area contributed by atoms with Gasteiger partial charge in [-0.2, -0.15) is 0 Å². The van der Waals surface area contributed by atoms with Crippen LogP contribution in [0.3, 0.4) is 0 Å². The van der Waals surface area contributed by atoms with Crippen molar-refractivity contribution in [2.24, 2.45) is 0 Å². The molecule has 0 spiro atoms. The third kappa shape index (κ3) is 3.27. The van der Waals surface area contributed by atoms with Crippen LogP contribution in [0.1, 0.15) is 47.8 Å². The van der Waals surface area contributed by atoms with Crippen molar-refractivity contribution in [3.05, 3.63) is 32.5 Å². The van der Waals surface area contributed by atoms with Crippen molar-refractivity contribution < 1.29 is 9.90 Å². The highest BCUT2D eigenvalue weighted by molar-refractivity contribution is 7.13. The predicted octanol–water partition coefficient (Wildman–Crippen LogP) is 4.36. The third-order valence-electron chi connectivity index (χ3n) is 3.57. The highest BCUT2D eigenvalue weighted by Crippen LogP contribution is 2.32. The Morgan fingerprint density at radius 1 is 1.43 bits per heavy atom. The number of aliphatic carboxylic acids is 1. The normalized spacial score (nSPS) is 13.2. The summed E-state index contributed by atoms with van der Waals surface area (Å²) in [4.78, 5) is 18.3. The van der Waals surface area contributed by atoms with E-state index in [2.05, 4.69) is 37.1 Å². The Morgan fingerprint density at radius 2 is 2.10 bits per heavy atom. The quantitative estimate of drug-likeness (QED) is 0.858. The first-order valence-corrected chi connectivity index (χ1v) is 8.44. The van der Waals surface area contributed by atoms with E-state index in [9.17, 15) is 9.90 Å². The number of anilines is 1. The second-order valence-corrected chi connectivity index (χ2v) is 8.02. The van der Waals surface area contributed by atoms with Crippen LogP contribution in [-0.4, -0.2) is 16.1 Å². The van der Waals surface area contributed by atoms with Crippen LogP contribution in [0.25, 0.3) is 0 Å². The largest absolute Gasteiger partial charge is 0.481 e. The van der Waals surface area contributed by atoms with E-state index >= 15 is 0 Å². The second-order valence-electron chi connectivity index (χ2n) is 5.70. The molecule has 21 heavy (non-hydrogen) atoms. The standard InChI is InChI=1S/C15H20N2O2S2/c1-8-6-11(10(3)21-8)9(2)16-14-17-12(7-20-14)15(4,5)13(18)19/h6-7,9H,1-5H3,(H,16,17)(H,18,19). The summed E-state index contributed by atoms with van der Waals surface area (Å²) in [6.45, 7) is 9.66. The summed E-state index contributed by atoms with van der Waals surface area (Å²) in [7, 11) is 0. The van der Waals surface area contributed by atoms with E-state index < -0.39 is 11.4 Å². The fourth-order valence-electron chi connectivity index (χ4n) is 2.08. The molecule has 2 N–H and O–H groups in total. The van der Waals surface area contributed by atoms with Gasteiger partial charge in [-0.15, -0.1) is 22.7 Å². The minimum absolute atomic E-state index is 0.155. The summed E-state index contributed by atoms with van der Waals surface area (Å²) in [5, 5.41) is 15.2. The fraction of sp³-hybridized carbons (Fsp3) is 0.467. The predicted molar refractivity (Wildman–Crippen MR) is 88.6 cm³/mol. The first kappa shape index (κ1) is 16.0. The average Bonchev–Trinajstić information content (AvgIpc) is 2.96. The first-order valence-electron chi connectivity index (χ1n) is 6.74. The van der Waals surface area contributed by atoms with Crippen molar-refractivity contribution in [3.8, 4) is 0 Å². The molecule has 0 bridgehead atoms. The number of hydrogen-bond acceptors (Lipinski definition) is 5. The molecule has 6 heteroatoms. The summed E-state index contributed by atoms with van der Waals surface area (Å²) in [6.07, 6.45) is 0. The summed E-state index contributed by atoms with van der Waals surface area (Å²) in [6, 6.07) is 2.34. The molecule has 0 aliphatic rings. The zero-order valence-electron chi connectivity index (χ0n) is 12.9. The summed E-state index contributed by atoms with van der Waals surface area (Å²) >= 11 is 3.23. The van der Waals surface area contributed by atoms with Gasteiger partial charge in [-0.25, -0.2) is 4.98 Å². The lowest BCUT2D eigenvalue weighted by molar-refractivity contribution is -0.142. The van der Waals surface area contributed by atoms with Gasteiger partial charge in [-0.1, -0.05) is 0 Å². The second kappa shape index (κ2) is 5.77. The van der Waals surface area contributed by atoms with Crippen LogP contribution in [0, 0.1) is 13.8 Å². The summed E-state index contributed by atoms with van der Waals surface area (Å²) < 4.78 is 0. The molecule has 0 saturated carbocycles. The molecular formula is C15H20N2O2S2. The lowest BCUT2D eigenvalue weighted by Crippen LogP contribution is -2.28. The van der Waals surface area contributed by atoms with Crippen molar-refractivity contribution >= 4 is 33.8 Å². The SMILES string of the molecule is Cc1cc(C(C)Nc2nc(C(C)(C)C(=O)O)cs2)c(C)s1. The van der Waals surface area contributed by atoms with E-state index in [4.69, 9.17) is 0 Å². The topological polar surface area (TPSA) is 62.2 Å². The number of nitrogens with one attached hydrogen (secondary N) is 1. The smallest absolute Gasteiger partial charge is 0.315 e. The highest BCUT2D eigenvalue weighted by Gasteiger charge is 2.32. The van der Waals surface area contributed by atoms with Crippen molar-refractivity contribution in [1.82, 2.24) is 4.98 Å². The molecule has 0 aliphatic carbocycles. The molecule has 0 aromatic carbocycles. The molecule has 114 valence electrons.